The van der Waals surface area contributed by atoms with Gasteiger partial charge in [0.25, 0.3) is 0 Å². The summed E-state index contributed by atoms with van der Waals surface area (Å²) in [5.41, 5.74) is 3.02. The van der Waals surface area contributed by atoms with E-state index in [9.17, 15) is 0 Å². The molecule has 0 unspecified atom stereocenters. The van der Waals surface area contributed by atoms with Gasteiger partial charge in [0.2, 0.25) is 0 Å². The summed E-state index contributed by atoms with van der Waals surface area (Å²) < 4.78 is 1.22. The molecule has 2 aromatic carbocycles. The summed E-state index contributed by atoms with van der Waals surface area (Å²) in [4.78, 5) is 0. The molecule has 0 fully saturated rings. The number of unbranched alkanes of at least 4 members (excludes halogenated alkanes) is 32. The van der Waals surface area contributed by atoms with Gasteiger partial charge in [0.1, 0.15) is 13.1 Å². The summed E-state index contributed by atoms with van der Waals surface area (Å²) in [7, 11) is 0. The lowest BCUT2D eigenvalue weighted by atomic mass is 10.0. The Kier molecular flexibility index (Phi) is 33.4. The van der Waals surface area contributed by atoms with Crippen molar-refractivity contribution in [2.45, 2.75) is 231 Å². The third-order valence-corrected chi connectivity index (χ3v) is 12.3. The normalized spacial score (nSPS) is 11.6. The SMILES string of the molecule is C=CCCCCCCCCCCCCCCCCCC[N+](CCCCCCCCCCCCCCCCCCC=C)(Cc1ccccc1)Cc1ccccc1. The van der Waals surface area contributed by atoms with Gasteiger partial charge in [-0.05, 0) is 51.4 Å². The van der Waals surface area contributed by atoms with Crippen LogP contribution in [0.2, 0.25) is 0 Å². The molecule has 0 radical (unpaired) electrons. The Balaban J connectivity index is 1.63. The number of quaternary nitrogens is 1. The van der Waals surface area contributed by atoms with E-state index in [1.807, 2.05) is 0 Å². The lowest BCUT2D eigenvalue weighted by Gasteiger charge is -2.39. The van der Waals surface area contributed by atoms with Crippen molar-refractivity contribution in [3.8, 4) is 0 Å². The van der Waals surface area contributed by atoms with E-state index in [0.29, 0.717) is 0 Å². The van der Waals surface area contributed by atoms with Crippen LogP contribution in [0.5, 0.6) is 0 Å². The van der Waals surface area contributed by atoms with Crippen LogP contribution in [-0.4, -0.2) is 17.6 Å². The molecule has 312 valence electrons. The Morgan fingerprint density at radius 3 is 0.745 bits per heavy atom. The third kappa shape index (κ3) is 29.7. The summed E-state index contributed by atoms with van der Waals surface area (Å²) in [5, 5.41) is 0. The van der Waals surface area contributed by atoms with Crippen LogP contribution in [0.4, 0.5) is 0 Å². The maximum absolute atomic E-state index is 3.83. The van der Waals surface area contributed by atoms with Gasteiger partial charge in [-0.25, -0.2) is 0 Å². The van der Waals surface area contributed by atoms with Crippen LogP contribution in [-0.2, 0) is 13.1 Å². The number of hydrogen-bond donors (Lipinski definition) is 0. The predicted molar refractivity (Wildman–Crippen MR) is 248 cm³/mol. The monoisotopic (exact) mass is 755 g/mol. The van der Waals surface area contributed by atoms with E-state index >= 15 is 0 Å². The summed E-state index contributed by atoms with van der Waals surface area (Å²) in [6, 6.07) is 22.8. The molecule has 0 spiro atoms. The molecular weight excluding hydrogens is 663 g/mol. The molecule has 0 N–H and O–H groups in total. The first-order valence-electron chi connectivity index (χ1n) is 24.4. The Morgan fingerprint density at radius 1 is 0.291 bits per heavy atom. The predicted octanol–water partition coefficient (Wildman–Crippen LogP) is 17.8. The molecule has 55 heavy (non-hydrogen) atoms. The first kappa shape index (κ1) is 49.0. The molecule has 0 aromatic heterocycles. The van der Waals surface area contributed by atoms with Gasteiger partial charge >= 0.3 is 0 Å². The minimum Gasteiger partial charge on any atom is -0.316 e. The van der Waals surface area contributed by atoms with Gasteiger partial charge < -0.3 is 4.48 Å². The van der Waals surface area contributed by atoms with Gasteiger partial charge in [0, 0.05) is 11.1 Å². The first-order chi connectivity index (χ1) is 27.3. The molecule has 0 saturated carbocycles. The highest BCUT2D eigenvalue weighted by Crippen LogP contribution is 2.25. The van der Waals surface area contributed by atoms with Gasteiger partial charge in [0.05, 0.1) is 13.1 Å². The second-order valence-electron chi connectivity index (χ2n) is 17.5. The van der Waals surface area contributed by atoms with Crippen LogP contribution in [0.3, 0.4) is 0 Å². The van der Waals surface area contributed by atoms with Crippen LogP contribution in [0.1, 0.15) is 229 Å². The molecule has 1 heteroatoms. The Hall–Kier alpha value is -2.12. The molecule has 0 heterocycles. The Morgan fingerprint density at radius 2 is 0.509 bits per heavy atom. The Bertz CT molecular complexity index is 985. The molecule has 0 aliphatic rings. The number of hydrogen-bond acceptors (Lipinski definition) is 0. The Labute approximate surface area is 344 Å². The largest absolute Gasteiger partial charge is 0.316 e. The fourth-order valence-corrected chi connectivity index (χ4v) is 8.85. The van der Waals surface area contributed by atoms with Crippen molar-refractivity contribution in [2.75, 3.05) is 13.1 Å². The van der Waals surface area contributed by atoms with Crippen molar-refractivity contribution in [1.29, 1.82) is 0 Å². The standard InChI is InChI=1S/C54H92N/c1-3-5-7-9-11-13-15-17-19-21-23-25-27-29-31-33-35-43-49-55(51-53-45-39-37-40-46-53,52-54-47-41-38-42-48-54)50-44-36-34-32-30-28-26-24-22-20-18-16-14-12-10-8-6-4-2/h3-4,37-42,45-48H,1-2,5-36,43-44,49-52H2/q+1. The first-order valence-corrected chi connectivity index (χ1v) is 24.4. The van der Waals surface area contributed by atoms with Crippen LogP contribution in [0.15, 0.2) is 86.0 Å². The third-order valence-electron chi connectivity index (χ3n) is 12.3. The lowest BCUT2D eigenvalue weighted by Crippen LogP contribution is -2.48. The molecule has 2 aromatic rings. The molecular formula is C54H92N+. The van der Waals surface area contributed by atoms with Crippen LogP contribution in [0.25, 0.3) is 0 Å². The van der Waals surface area contributed by atoms with Gasteiger partial charge in [-0.15, -0.1) is 13.2 Å². The maximum Gasteiger partial charge on any atom is 0.105 e. The van der Waals surface area contributed by atoms with Gasteiger partial charge in [-0.1, -0.05) is 240 Å². The zero-order chi connectivity index (χ0) is 39.0. The van der Waals surface area contributed by atoms with Crippen molar-refractivity contribution in [3.05, 3.63) is 97.1 Å². The number of benzene rings is 2. The molecule has 2 rings (SSSR count). The van der Waals surface area contributed by atoms with Crippen molar-refractivity contribution >= 4 is 0 Å². The fraction of sp³-hybridized carbons (Fsp3) is 0.704. The van der Waals surface area contributed by atoms with E-state index in [4.69, 9.17) is 0 Å². The van der Waals surface area contributed by atoms with E-state index in [2.05, 4.69) is 86.0 Å². The van der Waals surface area contributed by atoms with Gasteiger partial charge in [-0.3, -0.25) is 0 Å². The topological polar surface area (TPSA) is 0 Å². The van der Waals surface area contributed by atoms with Crippen molar-refractivity contribution in [2.24, 2.45) is 0 Å². The van der Waals surface area contributed by atoms with Crippen LogP contribution in [0, 0.1) is 0 Å². The fourth-order valence-electron chi connectivity index (χ4n) is 8.85. The number of rotatable bonds is 42. The molecule has 0 amide bonds. The highest BCUT2D eigenvalue weighted by atomic mass is 15.3. The summed E-state index contributed by atoms with van der Waals surface area (Å²) in [6.45, 7) is 12.6. The molecule has 0 aliphatic carbocycles. The zero-order valence-electron chi connectivity index (χ0n) is 36.7. The van der Waals surface area contributed by atoms with Crippen molar-refractivity contribution in [3.63, 3.8) is 0 Å². The summed E-state index contributed by atoms with van der Waals surface area (Å²) in [6.07, 6.45) is 52.1. The van der Waals surface area contributed by atoms with E-state index in [0.717, 1.165) is 0 Å². The van der Waals surface area contributed by atoms with Crippen LogP contribution < -0.4 is 0 Å². The number of allylic oxidation sites excluding steroid dienone is 2. The lowest BCUT2D eigenvalue weighted by molar-refractivity contribution is -0.954. The minimum absolute atomic E-state index is 1.17. The van der Waals surface area contributed by atoms with E-state index in [-0.39, 0.29) is 0 Å². The quantitative estimate of drug-likeness (QED) is 0.0360. The minimum atomic E-state index is 1.17. The molecule has 0 atom stereocenters. The molecule has 1 nitrogen and oxygen atoms in total. The average molecular weight is 755 g/mol. The van der Waals surface area contributed by atoms with E-state index < -0.39 is 0 Å². The second-order valence-corrected chi connectivity index (χ2v) is 17.5. The maximum atomic E-state index is 3.83. The van der Waals surface area contributed by atoms with Gasteiger partial charge in [-0.2, -0.15) is 0 Å². The summed E-state index contributed by atoms with van der Waals surface area (Å²) >= 11 is 0. The van der Waals surface area contributed by atoms with E-state index in [1.54, 1.807) is 0 Å². The van der Waals surface area contributed by atoms with Crippen LogP contribution >= 0.6 is 0 Å². The molecule has 0 saturated heterocycles. The average Bonchev–Trinajstić information content (AvgIpc) is 3.20. The van der Waals surface area contributed by atoms with Crippen molar-refractivity contribution < 1.29 is 4.48 Å². The highest BCUT2D eigenvalue weighted by Gasteiger charge is 2.27. The molecule has 0 aliphatic heterocycles. The highest BCUT2D eigenvalue weighted by molar-refractivity contribution is 5.15. The number of nitrogens with zero attached hydrogens (tertiary/aromatic N) is 1. The van der Waals surface area contributed by atoms with Gasteiger partial charge in [0.15, 0.2) is 0 Å². The van der Waals surface area contributed by atoms with Crippen molar-refractivity contribution in [1.82, 2.24) is 0 Å². The zero-order valence-corrected chi connectivity index (χ0v) is 36.7. The summed E-state index contributed by atoms with van der Waals surface area (Å²) in [5.74, 6) is 0. The van der Waals surface area contributed by atoms with E-state index in [1.165, 1.54) is 260 Å². The smallest absolute Gasteiger partial charge is 0.105 e. The molecule has 0 bridgehead atoms. The second kappa shape index (κ2) is 37.5.